The molecule has 0 amide bonds. The maximum atomic E-state index is 10.1. The molecule has 1 aromatic carbocycles. The summed E-state index contributed by atoms with van der Waals surface area (Å²) in [6.07, 6.45) is 7.58. The largest absolute Gasteiger partial charge is 0.478 e. The van der Waals surface area contributed by atoms with Crippen molar-refractivity contribution >= 4 is 18.0 Å². The summed E-state index contributed by atoms with van der Waals surface area (Å²) in [7, 11) is 0. The Kier molecular flexibility index (Phi) is 9.83. The molecule has 0 spiro atoms. The molecule has 0 heterocycles. The van der Waals surface area contributed by atoms with Crippen LogP contribution in [0.2, 0.25) is 0 Å². The first kappa shape index (κ1) is 18.4. The predicted molar refractivity (Wildman–Crippen MR) is 83.9 cm³/mol. The maximum absolute atomic E-state index is 10.1. The van der Waals surface area contributed by atoms with E-state index >= 15 is 0 Å². The number of hydrogen-bond acceptors (Lipinski definition) is 2. The Labute approximate surface area is 124 Å². The summed E-state index contributed by atoms with van der Waals surface area (Å²) in [4.78, 5) is 20.1. The van der Waals surface area contributed by atoms with Gasteiger partial charge in [-0.1, -0.05) is 68.5 Å². The van der Waals surface area contributed by atoms with E-state index in [1.54, 1.807) is 6.08 Å². The second-order valence-electron chi connectivity index (χ2n) is 4.13. The van der Waals surface area contributed by atoms with Gasteiger partial charge in [0.2, 0.25) is 0 Å². The van der Waals surface area contributed by atoms with Gasteiger partial charge in [-0.3, -0.25) is 0 Å². The first-order chi connectivity index (χ1) is 9.97. The van der Waals surface area contributed by atoms with Crippen molar-refractivity contribution in [3.8, 4) is 0 Å². The van der Waals surface area contributed by atoms with E-state index in [1.807, 2.05) is 43.3 Å². The standard InChI is InChI=1S/C11H10O2.C6H10O2/c12-11(13)9-5-4-8-10-6-2-1-3-7-10;1-3-4-5(2)6(7)8/h1-9H,(H,12,13);2-4H2,1H3,(H,7,8). The normalized spacial score (nSPS) is 10.1. The minimum atomic E-state index is -0.933. The number of benzene rings is 1. The van der Waals surface area contributed by atoms with Gasteiger partial charge in [0.25, 0.3) is 0 Å². The van der Waals surface area contributed by atoms with Gasteiger partial charge >= 0.3 is 11.9 Å². The van der Waals surface area contributed by atoms with E-state index in [0.717, 1.165) is 18.1 Å². The molecule has 0 aromatic heterocycles. The van der Waals surface area contributed by atoms with Crippen LogP contribution < -0.4 is 0 Å². The van der Waals surface area contributed by atoms with Crippen LogP contribution in [0.1, 0.15) is 25.3 Å². The number of carboxylic acids is 2. The van der Waals surface area contributed by atoms with Gasteiger partial charge in [0.1, 0.15) is 0 Å². The fraction of sp³-hybridized carbons (Fsp3) is 0.176. The van der Waals surface area contributed by atoms with Gasteiger partial charge in [-0.05, 0) is 12.0 Å². The second-order valence-corrected chi connectivity index (χ2v) is 4.13. The molecule has 0 fully saturated rings. The lowest BCUT2D eigenvalue weighted by Gasteiger charge is -1.92. The smallest absolute Gasteiger partial charge is 0.330 e. The lowest BCUT2D eigenvalue weighted by molar-refractivity contribution is -0.133. The molecular weight excluding hydrogens is 268 g/mol. The van der Waals surface area contributed by atoms with E-state index in [1.165, 1.54) is 6.08 Å². The van der Waals surface area contributed by atoms with E-state index in [0.29, 0.717) is 12.0 Å². The minimum Gasteiger partial charge on any atom is -0.478 e. The topological polar surface area (TPSA) is 74.6 Å². The lowest BCUT2D eigenvalue weighted by Crippen LogP contribution is -1.97. The molecule has 4 nitrogen and oxygen atoms in total. The molecule has 21 heavy (non-hydrogen) atoms. The molecule has 0 saturated heterocycles. The first-order valence-corrected chi connectivity index (χ1v) is 6.51. The third-order valence-corrected chi connectivity index (χ3v) is 2.29. The van der Waals surface area contributed by atoms with Crippen molar-refractivity contribution in [1.29, 1.82) is 0 Å². The molecule has 0 saturated carbocycles. The highest BCUT2D eigenvalue weighted by molar-refractivity contribution is 5.85. The molecule has 1 rings (SSSR count). The van der Waals surface area contributed by atoms with Crippen LogP contribution in [-0.2, 0) is 9.59 Å². The number of aliphatic carboxylic acids is 2. The third-order valence-electron chi connectivity index (χ3n) is 2.29. The number of hydrogen-bond donors (Lipinski definition) is 2. The van der Waals surface area contributed by atoms with Crippen molar-refractivity contribution in [2.24, 2.45) is 0 Å². The lowest BCUT2D eigenvalue weighted by atomic mass is 10.2. The van der Waals surface area contributed by atoms with Crippen molar-refractivity contribution in [3.05, 3.63) is 66.3 Å². The predicted octanol–water partition coefficient (Wildman–Crippen LogP) is 3.77. The monoisotopic (exact) mass is 288 g/mol. The zero-order valence-corrected chi connectivity index (χ0v) is 12.0. The summed E-state index contributed by atoms with van der Waals surface area (Å²) >= 11 is 0. The quantitative estimate of drug-likeness (QED) is 0.617. The number of carbonyl (C=O) groups is 2. The van der Waals surface area contributed by atoms with E-state index in [4.69, 9.17) is 10.2 Å². The maximum Gasteiger partial charge on any atom is 0.330 e. The van der Waals surface area contributed by atoms with Gasteiger partial charge in [-0.15, -0.1) is 0 Å². The Balaban J connectivity index is 0.000000433. The SMILES string of the molecule is C=C(CCC)C(=O)O.O=C(O)C=CC=Cc1ccccc1. The van der Waals surface area contributed by atoms with Crippen LogP contribution >= 0.6 is 0 Å². The zero-order chi connectivity index (χ0) is 16.1. The van der Waals surface area contributed by atoms with Crippen LogP contribution in [0.15, 0.2) is 60.7 Å². The molecule has 1 aromatic rings. The molecule has 0 aliphatic carbocycles. The van der Waals surface area contributed by atoms with E-state index in [9.17, 15) is 9.59 Å². The fourth-order valence-electron chi connectivity index (χ4n) is 1.28. The molecule has 0 unspecified atom stereocenters. The second kappa shape index (κ2) is 11.2. The Morgan fingerprint density at radius 1 is 1.14 bits per heavy atom. The van der Waals surface area contributed by atoms with Crippen molar-refractivity contribution in [3.63, 3.8) is 0 Å². The Morgan fingerprint density at radius 3 is 2.19 bits per heavy atom. The van der Waals surface area contributed by atoms with Gasteiger partial charge < -0.3 is 10.2 Å². The highest BCUT2D eigenvalue weighted by atomic mass is 16.4. The molecule has 4 heteroatoms. The molecule has 2 N–H and O–H groups in total. The Morgan fingerprint density at radius 2 is 1.76 bits per heavy atom. The molecule has 0 radical (unpaired) electrons. The van der Waals surface area contributed by atoms with Crippen LogP contribution in [0.25, 0.3) is 6.08 Å². The van der Waals surface area contributed by atoms with Crippen molar-refractivity contribution in [1.82, 2.24) is 0 Å². The Bertz CT molecular complexity index is 513. The van der Waals surface area contributed by atoms with E-state index in [2.05, 4.69) is 6.58 Å². The van der Waals surface area contributed by atoms with Gasteiger partial charge in [-0.25, -0.2) is 9.59 Å². The number of allylic oxidation sites excluding steroid dienone is 2. The van der Waals surface area contributed by atoms with Gasteiger partial charge in [-0.2, -0.15) is 0 Å². The number of carboxylic acid groups (broad SMARTS) is 2. The fourth-order valence-corrected chi connectivity index (χ4v) is 1.28. The highest BCUT2D eigenvalue weighted by Gasteiger charge is 1.99. The van der Waals surface area contributed by atoms with Crippen LogP contribution in [0.4, 0.5) is 0 Å². The van der Waals surface area contributed by atoms with Crippen molar-refractivity contribution < 1.29 is 19.8 Å². The third kappa shape index (κ3) is 10.9. The zero-order valence-electron chi connectivity index (χ0n) is 12.0. The van der Waals surface area contributed by atoms with Crippen LogP contribution in [-0.4, -0.2) is 22.2 Å². The van der Waals surface area contributed by atoms with E-state index in [-0.39, 0.29) is 0 Å². The summed E-state index contributed by atoms with van der Waals surface area (Å²) in [6.45, 7) is 5.27. The van der Waals surface area contributed by atoms with Crippen molar-refractivity contribution in [2.45, 2.75) is 19.8 Å². The molecule has 0 aliphatic rings. The molecule has 112 valence electrons. The van der Waals surface area contributed by atoms with Crippen LogP contribution in [0.3, 0.4) is 0 Å². The highest BCUT2D eigenvalue weighted by Crippen LogP contribution is 2.00. The van der Waals surface area contributed by atoms with E-state index < -0.39 is 11.9 Å². The Hall–Kier alpha value is -2.62. The minimum absolute atomic E-state index is 0.299. The summed E-state index contributed by atoms with van der Waals surface area (Å²) in [5.74, 6) is -1.82. The number of rotatable bonds is 6. The van der Waals surface area contributed by atoms with Gasteiger partial charge in [0, 0.05) is 11.6 Å². The summed E-state index contributed by atoms with van der Waals surface area (Å²) < 4.78 is 0. The molecule has 0 atom stereocenters. The molecule has 0 aliphatic heterocycles. The molecular formula is C17H20O4. The average molecular weight is 288 g/mol. The average Bonchev–Trinajstić information content (AvgIpc) is 2.45. The first-order valence-electron chi connectivity index (χ1n) is 6.51. The molecule has 0 bridgehead atoms. The summed E-state index contributed by atoms with van der Waals surface area (Å²) in [6, 6.07) is 9.70. The summed E-state index contributed by atoms with van der Waals surface area (Å²) in [5.41, 5.74) is 1.35. The van der Waals surface area contributed by atoms with Crippen molar-refractivity contribution in [2.75, 3.05) is 0 Å². The van der Waals surface area contributed by atoms with Crippen LogP contribution in [0.5, 0.6) is 0 Å². The summed E-state index contributed by atoms with van der Waals surface area (Å²) in [5, 5.41) is 16.5. The van der Waals surface area contributed by atoms with Gasteiger partial charge in [0.05, 0.1) is 0 Å². The van der Waals surface area contributed by atoms with Gasteiger partial charge in [0.15, 0.2) is 0 Å². The van der Waals surface area contributed by atoms with Crippen LogP contribution in [0, 0.1) is 0 Å².